The number of fused-ring (bicyclic) bond motifs is 2. The standard InChI is InChI=1S/C21H22N4O.C15H16ClN3O2/c1-14-2-8-20(9-3-14)25-13-17(12-23-25)21(26)24-19-7-5-15-10-18(22)6-4-16(15)11-19;1-8-13(16)14(19-21-8)15(20)18-12-5-3-9-6-11(17)4-2-10(9)7-12/h2-3,5,7-9,11-13,18H,4,6,10,22H2,1H3,(H,24,26);3,5,7,11H,2,4,6,17H2,1H3,(H,18,20)/t18-;11-/m00/s1. The van der Waals surface area contributed by atoms with Gasteiger partial charge >= 0.3 is 0 Å². The molecular formula is C36H38ClN7O3. The number of hydrogen-bond acceptors (Lipinski definition) is 7. The summed E-state index contributed by atoms with van der Waals surface area (Å²) in [4.78, 5) is 24.7. The van der Waals surface area contributed by atoms with Crippen LogP contribution in [0.2, 0.25) is 5.02 Å². The number of halogens is 1. The van der Waals surface area contributed by atoms with Crippen LogP contribution in [0.15, 0.2) is 77.6 Å². The second kappa shape index (κ2) is 13.9. The predicted molar refractivity (Wildman–Crippen MR) is 183 cm³/mol. The van der Waals surface area contributed by atoms with E-state index in [0.29, 0.717) is 11.3 Å². The van der Waals surface area contributed by atoms with E-state index in [1.54, 1.807) is 24.0 Å². The third kappa shape index (κ3) is 7.62. The molecule has 0 aliphatic heterocycles. The van der Waals surface area contributed by atoms with Gasteiger partial charge in [-0.25, -0.2) is 4.68 Å². The average Bonchev–Trinajstić information content (AvgIpc) is 3.69. The van der Waals surface area contributed by atoms with Crippen molar-refractivity contribution < 1.29 is 14.1 Å². The van der Waals surface area contributed by atoms with Crippen LogP contribution in [0.4, 0.5) is 11.4 Å². The number of carbonyl (C=O) groups is 2. The molecule has 0 fully saturated rings. The van der Waals surface area contributed by atoms with Crippen LogP contribution in [0.1, 0.15) is 67.3 Å². The Morgan fingerprint density at radius 2 is 1.40 bits per heavy atom. The molecule has 47 heavy (non-hydrogen) atoms. The number of hydrogen-bond donors (Lipinski definition) is 4. The average molecular weight is 652 g/mol. The molecule has 0 saturated heterocycles. The van der Waals surface area contributed by atoms with Gasteiger partial charge in [-0.2, -0.15) is 5.10 Å². The van der Waals surface area contributed by atoms with Gasteiger partial charge in [0.15, 0.2) is 11.5 Å². The molecule has 2 atom stereocenters. The van der Waals surface area contributed by atoms with Crippen LogP contribution in [0.5, 0.6) is 0 Å². The van der Waals surface area contributed by atoms with Gasteiger partial charge < -0.3 is 26.6 Å². The molecule has 7 rings (SSSR count). The van der Waals surface area contributed by atoms with E-state index in [0.717, 1.165) is 55.6 Å². The number of benzene rings is 3. The largest absolute Gasteiger partial charge is 0.359 e. The molecule has 242 valence electrons. The molecule has 3 aromatic carbocycles. The van der Waals surface area contributed by atoms with Gasteiger partial charge in [0, 0.05) is 29.7 Å². The minimum atomic E-state index is -0.371. The Bertz CT molecular complexity index is 1910. The Morgan fingerprint density at radius 3 is 1.96 bits per heavy atom. The van der Waals surface area contributed by atoms with Crippen molar-refractivity contribution in [3.63, 3.8) is 0 Å². The molecule has 10 nitrogen and oxygen atoms in total. The Labute approximate surface area is 278 Å². The Balaban J connectivity index is 0.000000168. The van der Waals surface area contributed by atoms with Gasteiger partial charge in [0.05, 0.1) is 17.4 Å². The highest BCUT2D eigenvalue weighted by molar-refractivity contribution is 6.34. The van der Waals surface area contributed by atoms with Crippen LogP contribution in [0, 0.1) is 13.8 Å². The van der Waals surface area contributed by atoms with Crippen LogP contribution in [0.3, 0.4) is 0 Å². The zero-order valence-corrected chi connectivity index (χ0v) is 27.2. The highest BCUT2D eigenvalue weighted by Gasteiger charge is 2.20. The molecule has 5 aromatic rings. The van der Waals surface area contributed by atoms with Gasteiger partial charge in [-0.3, -0.25) is 9.59 Å². The maximum atomic E-state index is 12.5. The first kappa shape index (κ1) is 32.2. The zero-order chi connectivity index (χ0) is 33.1. The molecular weight excluding hydrogens is 614 g/mol. The fourth-order valence-electron chi connectivity index (χ4n) is 5.90. The van der Waals surface area contributed by atoms with E-state index in [-0.39, 0.29) is 34.6 Å². The number of nitrogens with one attached hydrogen (secondary N) is 2. The van der Waals surface area contributed by atoms with Crippen molar-refractivity contribution in [3.8, 4) is 5.69 Å². The number of anilines is 2. The van der Waals surface area contributed by atoms with Crippen molar-refractivity contribution >= 4 is 34.8 Å². The van der Waals surface area contributed by atoms with E-state index in [4.69, 9.17) is 27.6 Å². The summed E-state index contributed by atoms with van der Waals surface area (Å²) in [5.74, 6) is -0.0959. The Hall–Kier alpha value is -4.77. The quantitative estimate of drug-likeness (QED) is 0.183. The predicted octanol–water partition coefficient (Wildman–Crippen LogP) is 5.95. The van der Waals surface area contributed by atoms with Gasteiger partial charge in [-0.15, -0.1) is 0 Å². The minimum Gasteiger partial charge on any atom is -0.359 e. The summed E-state index contributed by atoms with van der Waals surface area (Å²) in [6.45, 7) is 3.70. The van der Waals surface area contributed by atoms with E-state index in [2.05, 4.69) is 33.0 Å². The second-order valence-electron chi connectivity index (χ2n) is 12.3. The third-order valence-corrected chi connectivity index (χ3v) is 9.06. The molecule has 6 N–H and O–H groups in total. The lowest BCUT2D eigenvalue weighted by Crippen LogP contribution is -2.27. The molecule has 2 heterocycles. The first-order chi connectivity index (χ1) is 22.6. The Kier molecular flexibility index (Phi) is 9.53. The lowest BCUT2D eigenvalue weighted by molar-refractivity contribution is 0.101. The number of carbonyl (C=O) groups excluding carboxylic acids is 2. The number of rotatable bonds is 5. The molecule has 2 amide bonds. The van der Waals surface area contributed by atoms with Crippen molar-refractivity contribution in [2.24, 2.45) is 11.5 Å². The smallest absolute Gasteiger partial charge is 0.279 e. The summed E-state index contributed by atoms with van der Waals surface area (Å²) in [6, 6.07) is 20.4. The lowest BCUT2D eigenvalue weighted by atomic mass is 9.88. The number of aryl methyl sites for hydroxylation is 4. The zero-order valence-electron chi connectivity index (χ0n) is 26.4. The molecule has 0 bridgehead atoms. The van der Waals surface area contributed by atoms with Gasteiger partial charge in [-0.05, 0) is 111 Å². The summed E-state index contributed by atoms with van der Waals surface area (Å²) >= 11 is 5.97. The molecule has 11 heteroatoms. The van der Waals surface area contributed by atoms with Gasteiger partial charge in [0.2, 0.25) is 0 Å². The van der Waals surface area contributed by atoms with E-state index < -0.39 is 0 Å². The molecule has 0 saturated carbocycles. The molecule has 2 aliphatic rings. The second-order valence-corrected chi connectivity index (χ2v) is 12.7. The first-order valence-corrected chi connectivity index (χ1v) is 16.1. The summed E-state index contributed by atoms with van der Waals surface area (Å²) < 4.78 is 6.61. The third-order valence-electron chi connectivity index (χ3n) is 8.61. The minimum absolute atomic E-state index is 0.105. The molecule has 0 unspecified atom stereocenters. The summed E-state index contributed by atoms with van der Waals surface area (Å²) in [5, 5.41) is 14.0. The molecule has 0 spiro atoms. The highest BCUT2D eigenvalue weighted by Crippen LogP contribution is 2.26. The number of amides is 2. The van der Waals surface area contributed by atoms with Crippen molar-refractivity contribution in [1.82, 2.24) is 14.9 Å². The SMILES string of the molecule is Cc1ccc(-n2cc(C(=O)Nc3ccc4c(c3)CC[C@H](N)C4)cn2)cc1.Cc1onc(C(=O)Nc2ccc3c(c2)CC[C@H](N)C3)c1Cl. The summed E-state index contributed by atoms with van der Waals surface area (Å²) in [6.07, 6.45) is 9.00. The van der Waals surface area contributed by atoms with Crippen LogP contribution in [-0.4, -0.2) is 38.8 Å². The molecule has 2 aromatic heterocycles. The van der Waals surface area contributed by atoms with E-state index in [9.17, 15) is 9.59 Å². The fraction of sp³-hybridized carbons (Fsp3) is 0.278. The monoisotopic (exact) mass is 651 g/mol. The summed E-state index contributed by atoms with van der Waals surface area (Å²) in [5.41, 5.74) is 21.3. The maximum Gasteiger partial charge on any atom is 0.279 e. The van der Waals surface area contributed by atoms with Crippen molar-refractivity contribution in [1.29, 1.82) is 0 Å². The van der Waals surface area contributed by atoms with Gasteiger partial charge in [0.1, 0.15) is 5.02 Å². The van der Waals surface area contributed by atoms with E-state index >= 15 is 0 Å². The van der Waals surface area contributed by atoms with Crippen LogP contribution >= 0.6 is 11.6 Å². The van der Waals surface area contributed by atoms with Crippen molar-refractivity contribution in [2.45, 2.75) is 64.5 Å². The molecule has 0 radical (unpaired) electrons. The lowest BCUT2D eigenvalue weighted by Gasteiger charge is -2.22. The van der Waals surface area contributed by atoms with Crippen LogP contribution in [0.25, 0.3) is 5.69 Å². The van der Waals surface area contributed by atoms with Crippen LogP contribution in [-0.2, 0) is 25.7 Å². The first-order valence-electron chi connectivity index (χ1n) is 15.7. The van der Waals surface area contributed by atoms with Gasteiger partial charge in [-0.1, -0.05) is 46.6 Å². The molecule has 2 aliphatic carbocycles. The van der Waals surface area contributed by atoms with Crippen molar-refractivity contribution in [2.75, 3.05) is 10.6 Å². The number of aromatic nitrogens is 3. The number of nitrogens with zero attached hydrogens (tertiary/aromatic N) is 3. The highest BCUT2D eigenvalue weighted by atomic mass is 35.5. The maximum absolute atomic E-state index is 12.5. The fourth-order valence-corrected chi connectivity index (χ4v) is 6.05. The summed E-state index contributed by atoms with van der Waals surface area (Å²) in [7, 11) is 0. The van der Waals surface area contributed by atoms with E-state index in [1.165, 1.54) is 27.8 Å². The normalized spacial score (nSPS) is 16.7. The van der Waals surface area contributed by atoms with Crippen LogP contribution < -0.4 is 22.1 Å². The Morgan fingerprint density at radius 1 is 0.830 bits per heavy atom. The van der Waals surface area contributed by atoms with E-state index in [1.807, 2.05) is 55.5 Å². The van der Waals surface area contributed by atoms with Gasteiger partial charge in [0.25, 0.3) is 11.8 Å². The van der Waals surface area contributed by atoms with Crippen molar-refractivity contribution in [3.05, 3.63) is 123 Å². The topological polar surface area (TPSA) is 154 Å². The number of nitrogens with two attached hydrogens (primary N) is 2.